The second kappa shape index (κ2) is 4.49. The van der Waals surface area contributed by atoms with Crippen molar-refractivity contribution in [3.8, 4) is 0 Å². The SMILES string of the molecule is Cc1ccc(F)cc1C(O)c1ccc(C2CC2C)o1. The molecule has 0 spiro atoms. The highest BCUT2D eigenvalue weighted by Gasteiger charge is 2.37. The lowest BCUT2D eigenvalue weighted by atomic mass is 10.0. The topological polar surface area (TPSA) is 33.4 Å². The van der Waals surface area contributed by atoms with Crippen molar-refractivity contribution in [3.63, 3.8) is 0 Å². The third kappa shape index (κ3) is 2.30. The molecule has 3 atom stereocenters. The van der Waals surface area contributed by atoms with E-state index in [1.54, 1.807) is 12.1 Å². The third-order valence-electron chi connectivity index (χ3n) is 3.93. The Kier molecular flexibility index (Phi) is 2.94. The van der Waals surface area contributed by atoms with Crippen LogP contribution in [-0.2, 0) is 0 Å². The lowest BCUT2D eigenvalue weighted by molar-refractivity contribution is 0.185. The lowest BCUT2D eigenvalue weighted by Crippen LogP contribution is -2.01. The largest absolute Gasteiger partial charge is 0.463 e. The number of aryl methyl sites for hydroxylation is 1. The molecule has 2 nitrogen and oxygen atoms in total. The van der Waals surface area contributed by atoms with E-state index >= 15 is 0 Å². The van der Waals surface area contributed by atoms with Crippen LogP contribution in [0.4, 0.5) is 4.39 Å². The van der Waals surface area contributed by atoms with E-state index in [0.29, 0.717) is 23.2 Å². The minimum absolute atomic E-state index is 0.345. The summed E-state index contributed by atoms with van der Waals surface area (Å²) in [5.74, 6) is 2.21. The predicted molar refractivity (Wildman–Crippen MR) is 70.4 cm³/mol. The monoisotopic (exact) mass is 260 g/mol. The Balaban J connectivity index is 1.88. The van der Waals surface area contributed by atoms with Gasteiger partial charge in [-0.1, -0.05) is 13.0 Å². The van der Waals surface area contributed by atoms with Crippen molar-refractivity contribution in [3.05, 3.63) is 58.8 Å². The van der Waals surface area contributed by atoms with Crippen LogP contribution in [0, 0.1) is 18.7 Å². The molecule has 1 heterocycles. The fourth-order valence-corrected chi connectivity index (χ4v) is 2.49. The summed E-state index contributed by atoms with van der Waals surface area (Å²) in [6.07, 6.45) is 0.237. The molecule has 1 N–H and O–H groups in total. The van der Waals surface area contributed by atoms with E-state index in [1.165, 1.54) is 12.1 Å². The molecule has 1 aromatic carbocycles. The molecular weight excluding hydrogens is 243 g/mol. The molecule has 2 aromatic rings. The van der Waals surface area contributed by atoms with Crippen LogP contribution < -0.4 is 0 Å². The minimum Gasteiger partial charge on any atom is -0.463 e. The summed E-state index contributed by atoms with van der Waals surface area (Å²) in [6.45, 7) is 4.03. The van der Waals surface area contributed by atoms with Crippen LogP contribution in [0.5, 0.6) is 0 Å². The number of benzene rings is 1. The van der Waals surface area contributed by atoms with Crippen molar-refractivity contribution >= 4 is 0 Å². The smallest absolute Gasteiger partial charge is 0.137 e. The second-order valence-electron chi connectivity index (χ2n) is 5.46. The zero-order chi connectivity index (χ0) is 13.6. The van der Waals surface area contributed by atoms with Crippen LogP contribution in [0.1, 0.15) is 48.0 Å². The fourth-order valence-electron chi connectivity index (χ4n) is 2.49. The molecule has 3 rings (SSSR count). The maximum atomic E-state index is 13.3. The number of rotatable bonds is 3. The van der Waals surface area contributed by atoms with Gasteiger partial charge in [-0.25, -0.2) is 4.39 Å². The molecular formula is C16H17FO2. The molecule has 0 saturated heterocycles. The number of hydrogen-bond donors (Lipinski definition) is 1. The molecule has 1 aliphatic rings. The van der Waals surface area contributed by atoms with E-state index in [4.69, 9.17) is 4.42 Å². The molecule has 100 valence electrons. The van der Waals surface area contributed by atoms with Crippen LogP contribution in [0.2, 0.25) is 0 Å². The van der Waals surface area contributed by atoms with E-state index in [-0.39, 0.29) is 5.82 Å². The van der Waals surface area contributed by atoms with Gasteiger partial charge in [-0.2, -0.15) is 0 Å². The van der Waals surface area contributed by atoms with Gasteiger partial charge in [-0.3, -0.25) is 0 Å². The molecule has 1 fully saturated rings. The molecule has 0 radical (unpaired) electrons. The second-order valence-corrected chi connectivity index (χ2v) is 5.46. The summed E-state index contributed by atoms with van der Waals surface area (Å²) >= 11 is 0. The minimum atomic E-state index is -0.904. The Morgan fingerprint density at radius 3 is 2.74 bits per heavy atom. The maximum absolute atomic E-state index is 13.3. The first-order valence-electron chi connectivity index (χ1n) is 6.60. The first-order chi connectivity index (χ1) is 9.06. The fraction of sp³-hybridized carbons (Fsp3) is 0.375. The molecule has 0 aliphatic heterocycles. The summed E-state index contributed by atoms with van der Waals surface area (Å²) in [4.78, 5) is 0. The normalized spacial score (nSPS) is 23.4. The summed E-state index contributed by atoms with van der Waals surface area (Å²) in [6, 6.07) is 8.13. The van der Waals surface area contributed by atoms with Gasteiger partial charge in [0.2, 0.25) is 0 Å². The van der Waals surface area contributed by atoms with Gasteiger partial charge in [-0.05, 0) is 54.7 Å². The Morgan fingerprint density at radius 2 is 2.05 bits per heavy atom. The highest BCUT2D eigenvalue weighted by Crippen LogP contribution is 2.47. The molecule has 1 saturated carbocycles. The van der Waals surface area contributed by atoms with Gasteiger partial charge in [0, 0.05) is 5.92 Å². The molecule has 0 amide bonds. The van der Waals surface area contributed by atoms with E-state index < -0.39 is 6.10 Å². The number of aliphatic hydroxyl groups is 1. The predicted octanol–water partition coefficient (Wildman–Crippen LogP) is 3.93. The van der Waals surface area contributed by atoms with Crippen LogP contribution in [0.25, 0.3) is 0 Å². The van der Waals surface area contributed by atoms with Gasteiger partial charge < -0.3 is 9.52 Å². The molecule has 1 aromatic heterocycles. The number of aliphatic hydroxyl groups excluding tert-OH is 1. The Morgan fingerprint density at radius 1 is 1.32 bits per heavy atom. The average Bonchev–Trinajstić information content (AvgIpc) is 2.92. The molecule has 3 unspecified atom stereocenters. The highest BCUT2D eigenvalue weighted by atomic mass is 19.1. The Labute approximate surface area is 111 Å². The number of hydrogen-bond acceptors (Lipinski definition) is 2. The van der Waals surface area contributed by atoms with Crippen molar-refractivity contribution in [1.82, 2.24) is 0 Å². The van der Waals surface area contributed by atoms with Gasteiger partial charge in [0.05, 0.1) is 0 Å². The van der Waals surface area contributed by atoms with E-state index in [1.807, 2.05) is 13.0 Å². The zero-order valence-corrected chi connectivity index (χ0v) is 11.1. The highest BCUT2D eigenvalue weighted by molar-refractivity contribution is 5.33. The Hall–Kier alpha value is -1.61. The maximum Gasteiger partial charge on any atom is 0.137 e. The summed E-state index contributed by atoms with van der Waals surface area (Å²) in [5.41, 5.74) is 1.41. The number of halogens is 1. The van der Waals surface area contributed by atoms with Crippen molar-refractivity contribution in [2.75, 3.05) is 0 Å². The van der Waals surface area contributed by atoms with Gasteiger partial charge in [0.1, 0.15) is 23.4 Å². The molecule has 3 heteroatoms. The van der Waals surface area contributed by atoms with E-state index in [2.05, 4.69) is 6.92 Å². The van der Waals surface area contributed by atoms with Crippen molar-refractivity contribution in [2.45, 2.75) is 32.3 Å². The average molecular weight is 260 g/mol. The lowest BCUT2D eigenvalue weighted by Gasteiger charge is -2.11. The summed E-state index contributed by atoms with van der Waals surface area (Å²) < 4.78 is 19.0. The van der Waals surface area contributed by atoms with Gasteiger partial charge in [0.25, 0.3) is 0 Å². The molecule has 0 bridgehead atoms. The molecule has 1 aliphatic carbocycles. The molecule has 19 heavy (non-hydrogen) atoms. The van der Waals surface area contributed by atoms with Gasteiger partial charge >= 0.3 is 0 Å². The summed E-state index contributed by atoms with van der Waals surface area (Å²) in [5, 5.41) is 10.3. The van der Waals surface area contributed by atoms with Crippen LogP contribution in [0.3, 0.4) is 0 Å². The third-order valence-corrected chi connectivity index (χ3v) is 3.93. The number of furan rings is 1. The van der Waals surface area contributed by atoms with Crippen molar-refractivity contribution in [1.29, 1.82) is 0 Å². The van der Waals surface area contributed by atoms with Gasteiger partial charge in [0.15, 0.2) is 0 Å². The van der Waals surface area contributed by atoms with E-state index in [0.717, 1.165) is 17.7 Å². The van der Waals surface area contributed by atoms with Crippen molar-refractivity contribution in [2.24, 2.45) is 5.92 Å². The van der Waals surface area contributed by atoms with Crippen molar-refractivity contribution < 1.29 is 13.9 Å². The van der Waals surface area contributed by atoms with E-state index in [9.17, 15) is 9.50 Å². The zero-order valence-electron chi connectivity index (χ0n) is 11.1. The van der Waals surface area contributed by atoms with Gasteiger partial charge in [-0.15, -0.1) is 0 Å². The summed E-state index contributed by atoms with van der Waals surface area (Å²) in [7, 11) is 0. The quantitative estimate of drug-likeness (QED) is 0.907. The standard InChI is InChI=1S/C16H17FO2/c1-9-3-4-11(17)8-13(9)16(18)15-6-5-14(19-15)12-7-10(12)2/h3-6,8,10,12,16,18H,7H2,1-2H3. The van der Waals surface area contributed by atoms with Crippen LogP contribution >= 0.6 is 0 Å². The van der Waals surface area contributed by atoms with Crippen LogP contribution in [0.15, 0.2) is 34.7 Å². The first kappa shape index (κ1) is 12.4. The Bertz CT molecular complexity index is 603. The first-order valence-corrected chi connectivity index (χ1v) is 6.60. The van der Waals surface area contributed by atoms with Crippen LogP contribution in [-0.4, -0.2) is 5.11 Å².